The number of nitrogens with zero attached hydrogens (tertiary/aromatic N) is 2. The molecular formula is C20H14Cl3N5O4S2. The highest BCUT2D eigenvalue weighted by atomic mass is 35.5. The van der Waals surface area contributed by atoms with Crippen LogP contribution >= 0.6 is 46.1 Å². The lowest BCUT2D eigenvalue weighted by atomic mass is 10.2. The molecule has 0 aliphatic rings. The van der Waals surface area contributed by atoms with E-state index in [0.717, 1.165) is 11.3 Å². The number of thiophene rings is 1. The Bertz CT molecular complexity index is 1600. The Morgan fingerprint density at radius 3 is 2.47 bits per heavy atom. The summed E-state index contributed by atoms with van der Waals surface area (Å²) in [4.78, 5) is 29.5. The van der Waals surface area contributed by atoms with E-state index in [9.17, 15) is 18.0 Å². The minimum atomic E-state index is -4.09. The number of rotatable bonds is 5. The van der Waals surface area contributed by atoms with E-state index >= 15 is 0 Å². The highest BCUT2D eigenvalue weighted by Gasteiger charge is 2.20. The molecule has 0 spiro atoms. The second-order valence-corrected chi connectivity index (χ2v) is 11.2. The zero-order valence-corrected chi connectivity index (χ0v) is 21.0. The summed E-state index contributed by atoms with van der Waals surface area (Å²) in [5.74, 6) is 0. The van der Waals surface area contributed by atoms with Crippen molar-refractivity contribution >= 4 is 84.5 Å². The van der Waals surface area contributed by atoms with Gasteiger partial charge >= 0.3 is 6.03 Å². The number of fused-ring (bicyclic) bond motifs is 1. The van der Waals surface area contributed by atoms with Gasteiger partial charge in [-0.25, -0.2) is 22.9 Å². The Balaban J connectivity index is 1.59. The molecule has 2 heterocycles. The number of carbonyl (C=O) groups excluding carboxylic acids is 1. The van der Waals surface area contributed by atoms with Crippen LogP contribution in [0.15, 0.2) is 57.8 Å². The molecule has 0 unspecified atom stereocenters. The summed E-state index contributed by atoms with van der Waals surface area (Å²) in [6.07, 6.45) is 1.33. The number of sulfonamides is 1. The van der Waals surface area contributed by atoms with Gasteiger partial charge in [-0.2, -0.15) is 0 Å². The average Bonchev–Trinajstić information content (AvgIpc) is 3.22. The summed E-state index contributed by atoms with van der Waals surface area (Å²) >= 11 is 19.1. The van der Waals surface area contributed by atoms with Gasteiger partial charge in [-0.1, -0.05) is 34.8 Å². The molecular weight excluding hydrogens is 545 g/mol. The Kier molecular flexibility index (Phi) is 6.74. The zero-order valence-electron chi connectivity index (χ0n) is 17.1. The third kappa shape index (κ3) is 4.84. The monoisotopic (exact) mass is 557 g/mol. The second kappa shape index (κ2) is 9.43. The van der Waals surface area contributed by atoms with Crippen molar-refractivity contribution in [3.8, 4) is 5.69 Å². The van der Waals surface area contributed by atoms with Crippen LogP contribution in [0, 0.1) is 0 Å². The fourth-order valence-corrected chi connectivity index (χ4v) is 5.98. The molecule has 9 nitrogen and oxygen atoms in total. The maximum atomic E-state index is 13.0. The molecule has 0 saturated carbocycles. The van der Waals surface area contributed by atoms with Crippen LogP contribution in [0.2, 0.25) is 14.4 Å². The molecule has 0 radical (unpaired) electrons. The van der Waals surface area contributed by atoms with Gasteiger partial charge in [0, 0.05) is 12.7 Å². The molecule has 2 aromatic heterocycles. The van der Waals surface area contributed by atoms with Gasteiger partial charge < -0.3 is 10.6 Å². The van der Waals surface area contributed by atoms with Crippen molar-refractivity contribution in [1.82, 2.24) is 14.3 Å². The first kappa shape index (κ1) is 24.3. The number of urea groups is 1. The van der Waals surface area contributed by atoms with Crippen molar-refractivity contribution < 1.29 is 13.2 Å². The number of nitrogens with one attached hydrogen (secondary N) is 3. The fourth-order valence-electron chi connectivity index (χ4n) is 3.06. The van der Waals surface area contributed by atoms with E-state index in [1.807, 2.05) is 4.72 Å². The Morgan fingerprint density at radius 1 is 1.06 bits per heavy atom. The van der Waals surface area contributed by atoms with Crippen LogP contribution in [0.5, 0.6) is 0 Å². The largest absolute Gasteiger partial charge is 0.387 e. The van der Waals surface area contributed by atoms with Gasteiger partial charge in [-0.15, -0.1) is 11.3 Å². The number of anilines is 2. The van der Waals surface area contributed by atoms with Crippen LogP contribution < -0.4 is 20.9 Å². The molecule has 3 N–H and O–H groups in total. The number of amides is 2. The van der Waals surface area contributed by atoms with Crippen molar-refractivity contribution in [2.45, 2.75) is 4.21 Å². The van der Waals surface area contributed by atoms with Crippen molar-refractivity contribution in [1.29, 1.82) is 0 Å². The molecule has 0 saturated heterocycles. The fraction of sp³-hybridized carbons (Fsp3) is 0.0500. The first-order chi connectivity index (χ1) is 16.1. The van der Waals surface area contributed by atoms with E-state index in [4.69, 9.17) is 34.8 Å². The van der Waals surface area contributed by atoms with Crippen molar-refractivity contribution in [3.05, 3.63) is 73.5 Å². The summed E-state index contributed by atoms with van der Waals surface area (Å²) in [5, 5.41) is 6.09. The molecule has 0 bridgehead atoms. The van der Waals surface area contributed by atoms with Gasteiger partial charge in [0.15, 0.2) is 0 Å². The van der Waals surface area contributed by atoms with Gasteiger partial charge in [0.2, 0.25) is 0 Å². The molecule has 14 heteroatoms. The third-order valence-electron chi connectivity index (χ3n) is 4.62. The number of hydrogen-bond donors (Lipinski definition) is 3. The van der Waals surface area contributed by atoms with Gasteiger partial charge in [0.1, 0.15) is 10.5 Å². The van der Waals surface area contributed by atoms with E-state index in [1.165, 1.54) is 47.3 Å². The number of carbonyl (C=O) groups is 1. The summed E-state index contributed by atoms with van der Waals surface area (Å²) < 4.78 is 27.8. The lowest BCUT2D eigenvalue weighted by Gasteiger charge is -2.12. The quantitative estimate of drug-likeness (QED) is 0.318. The van der Waals surface area contributed by atoms with Gasteiger partial charge in [0.25, 0.3) is 15.6 Å². The number of benzene rings is 2. The van der Waals surface area contributed by atoms with Crippen molar-refractivity contribution in [2.24, 2.45) is 0 Å². The zero-order chi connectivity index (χ0) is 24.6. The first-order valence-electron chi connectivity index (χ1n) is 9.37. The normalized spacial score (nSPS) is 11.4. The summed E-state index contributed by atoms with van der Waals surface area (Å²) in [6, 6.07) is 9.21. The molecule has 4 rings (SSSR count). The predicted molar refractivity (Wildman–Crippen MR) is 136 cm³/mol. The molecule has 4 aromatic rings. The third-order valence-corrected chi connectivity index (χ3v) is 8.29. The predicted octanol–water partition coefficient (Wildman–Crippen LogP) is 4.96. The maximum absolute atomic E-state index is 13.0. The number of aromatic nitrogens is 2. The van der Waals surface area contributed by atoms with Crippen LogP contribution in [0.25, 0.3) is 16.6 Å². The first-order valence-corrected chi connectivity index (χ1v) is 12.8. The molecule has 0 fully saturated rings. The van der Waals surface area contributed by atoms with E-state index in [2.05, 4.69) is 15.6 Å². The number of hydrogen-bond acceptors (Lipinski definition) is 7. The minimum Gasteiger partial charge on any atom is -0.387 e. The Labute approximate surface area is 212 Å². The molecule has 0 atom stereocenters. The van der Waals surface area contributed by atoms with Crippen LogP contribution in [-0.4, -0.2) is 31.0 Å². The van der Waals surface area contributed by atoms with E-state index in [1.54, 1.807) is 13.1 Å². The second-order valence-electron chi connectivity index (χ2n) is 6.80. The highest BCUT2D eigenvalue weighted by Crippen LogP contribution is 2.28. The Morgan fingerprint density at radius 2 is 1.82 bits per heavy atom. The maximum Gasteiger partial charge on any atom is 0.333 e. The highest BCUT2D eigenvalue weighted by molar-refractivity contribution is 7.92. The summed E-state index contributed by atoms with van der Waals surface area (Å²) in [5.41, 5.74) is 1.20. The topological polar surface area (TPSA) is 122 Å². The van der Waals surface area contributed by atoms with Crippen LogP contribution in [0.4, 0.5) is 16.2 Å². The lowest BCUT2D eigenvalue weighted by Crippen LogP contribution is -2.33. The Hall–Kier alpha value is -2.83. The minimum absolute atomic E-state index is 0.105. The van der Waals surface area contributed by atoms with Crippen molar-refractivity contribution in [2.75, 3.05) is 17.7 Å². The van der Waals surface area contributed by atoms with Gasteiger partial charge in [0.05, 0.1) is 36.7 Å². The van der Waals surface area contributed by atoms with Crippen LogP contribution in [0.1, 0.15) is 0 Å². The SMILES string of the molecule is CNc1cc2ncn(-c3ccc(NC(=O)NS(=O)(=O)c4ccc(Cl)s4)cc3Cl)c(=O)c2cc1Cl. The molecule has 2 amide bonds. The van der Waals surface area contributed by atoms with Gasteiger partial charge in [-0.3, -0.25) is 9.36 Å². The average molecular weight is 559 g/mol. The van der Waals surface area contributed by atoms with Crippen LogP contribution in [0.3, 0.4) is 0 Å². The summed E-state index contributed by atoms with van der Waals surface area (Å²) in [6.45, 7) is 0. The lowest BCUT2D eigenvalue weighted by molar-refractivity contribution is 0.256. The molecule has 0 aliphatic heterocycles. The van der Waals surface area contributed by atoms with E-state index in [0.29, 0.717) is 27.3 Å². The molecule has 176 valence electrons. The molecule has 0 aliphatic carbocycles. The summed E-state index contributed by atoms with van der Waals surface area (Å²) in [7, 11) is -2.38. The van der Waals surface area contributed by atoms with Crippen molar-refractivity contribution in [3.63, 3.8) is 0 Å². The molecule has 34 heavy (non-hydrogen) atoms. The smallest absolute Gasteiger partial charge is 0.333 e. The number of halogens is 3. The molecule has 2 aromatic carbocycles. The van der Waals surface area contributed by atoms with Crippen LogP contribution in [-0.2, 0) is 10.0 Å². The van der Waals surface area contributed by atoms with E-state index < -0.39 is 21.6 Å². The van der Waals surface area contributed by atoms with E-state index in [-0.39, 0.29) is 19.3 Å². The van der Waals surface area contributed by atoms with Gasteiger partial charge in [-0.05, 0) is 42.5 Å². The standard InChI is InChI=1S/C20H14Cl3N5O4S2/c1-24-15-8-14-11(7-12(15)21)19(29)28(9-25-14)16-3-2-10(6-13(16)22)26-20(30)27-34(31,32)18-5-4-17(23)33-18/h2-9,24H,1H3,(H2,26,27,30).